The number of rotatable bonds is 0. The molecule has 0 bridgehead atoms. The fourth-order valence-electron chi connectivity index (χ4n) is 1.53. The third kappa shape index (κ3) is 1.64. The maximum absolute atomic E-state index is 4.51. The Morgan fingerprint density at radius 3 is 2.73 bits per heavy atom. The minimum atomic E-state index is 0.813. The topological polar surface area (TPSA) is 25.8 Å². The molecule has 2 heterocycles. The van der Waals surface area contributed by atoms with Gasteiger partial charge in [-0.05, 0) is 28.7 Å². The number of thiophene rings is 1. The predicted octanol–water partition coefficient (Wildman–Crippen LogP) is 4.05. The standard InChI is InChI=1S/C10H4I2N2S/c11-9-8-7(13-10(12)14-9)5-3-1-2-4-6(5)15-8/h1-4H. The molecule has 0 saturated carbocycles. The molecule has 0 saturated heterocycles. The molecule has 0 fully saturated rings. The van der Waals surface area contributed by atoms with Crippen LogP contribution in [-0.4, -0.2) is 9.97 Å². The zero-order valence-electron chi connectivity index (χ0n) is 7.37. The van der Waals surface area contributed by atoms with Gasteiger partial charge in [-0.2, -0.15) is 0 Å². The van der Waals surface area contributed by atoms with Crippen LogP contribution in [0.1, 0.15) is 0 Å². The van der Waals surface area contributed by atoms with Crippen molar-refractivity contribution in [1.82, 2.24) is 9.97 Å². The first kappa shape index (κ1) is 10.2. The zero-order valence-corrected chi connectivity index (χ0v) is 12.5. The largest absolute Gasteiger partial charge is 0.221 e. The molecule has 5 heteroatoms. The fourth-order valence-corrected chi connectivity index (χ4v) is 4.31. The molecule has 3 rings (SSSR count). The second-order valence-corrected chi connectivity index (χ2v) is 6.10. The number of aromatic nitrogens is 2. The van der Waals surface area contributed by atoms with E-state index in [0.717, 1.165) is 13.0 Å². The van der Waals surface area contributed by atoms with Gasteiger partial charge in [0.15, 0.2) is 3.83 Å². The Hall–Kier alpha value is -0.0200. The number of hydrogen-bond acceptors (Lipinski definition) is 3. The SMILES string of the molecule is Ic1nc(I)c2sc3ccccc3c2n1. The second-order valence-electron chi connectivity index (χ2n) is 3.06. The van der Waals surface area contributed by atoms with Gasteiger partial charge in [-0.1, -0.05) is 18.2 Å². The molecular weight excluding hydrogens is 434 g/mol. The molecule has 15 heavy (non-hydrogen) atoms. The average molecular weight is 438 g/mol. The second kappa shape index (κ2) is 3.77. The van der Waals surface area contributed by atoms with Gasteiger partial charge < -0.3 is 0 Å². The number of hydrogen-bond donors (Lipinski definition) is 0. The molecule has 0 aliphatic heterocycles. The molecule has 0 aliphatic rings. The summed E-state index contributed by atoms with van der Waals surface area (Å²) in [5.41, 5.74) is 1.08. The molecule has 1 aromatic carbocycles. The van der Waals surface area contributed by atoms with E-state index >= 15 is 0 Å². The Morgan fingerprint density at radius 1 is 1.07 bits per heavy atom. The monoisotopic (exact) mass is 438 g/mol. The van der Waals surface area contributed by atoms with Gasteiger partial charge in [0.05, 0.1) is 10.2 Å². The lowest BCUT2D eigenvalue weighted by Crippen LogP contribution is -1.89. The van der Waals surface area contributed by atoms with Crippen molar-refractivity contribution in [1.29, 1.82) is 0 Å². The Morgan fingerprint density at radius 2 is 1.87 bits per heavy atom. The highest BCUT2D eigenvalue weighted by Crippen LogP contribution is 2.34. The molecule has 0 spiro atoms. The van der Waals surface area contributed by atoms with Gasteiger partial charge in [0.25, 0.3) is 0 Å². The van der Waals surface area contributed by atoms with Crippen LogP contribution in [0.4, 0.5) is 0 Å². The van der Waals surface area contributed by atoms with Crippen LogP contribution in [0.2, 0.25) is 0 Å². The summed E-state index contributed by atoms with van der Waals surface area (Å²) >= 11 is 6.20. The van der Waals surface area contributed by atoms with Gasteiger partial charge in [0.1, 0.15) is 3.70 Å². The molecular formula is C10H4I2N2S. The van der Waals surface area contributed by atoms with Crippen molar-refractivity contribution in [2.75, 3.05) is 0 Å². The molecule has 2 nitrogen and oxygen atoms in total. The van der Waals surface area contributed by atoms with Gasteiger partial charge in [0.2, 0.25) is 0 Å². The fraction of sp³-hybridized carbons (Fsp3) is 0. The summed E-state index contributed by atoms with van der Waals surface area (Å²) in [6.45, 7) is 0. The summed E-state index contributed by atoms with van der Waals surface area (Å²) in [6.07, 6.45) is 0. The molecule has 74 valence electrons. The quantitative estimate of drug-likeness (QED) is 0.301. The number of halogens is 2. The first-order valence-corrected chi connectivity index (χ1v) is 7.23. The Kier molecular flexibility index (Phi) is 2.56. The Bertz CT molecular complexity index is 663. The highest BCUT2D eigenvalue weighted by Gasteiger charge is 2.10. The average Bonchev–Trinajstić information content (AvgIpc) is 2.57. The van der Waals surface area contributed by atoms with E-state index in [1.165, 1.54) is 14.8 Å². The Balaban J connectivity index is 2.61. The van der Waals surface area contributed by atoms with E-state index in [0.29, 0.717) is 0 Å². The first-order chi connectivity index (χ1) is 7.25. The summed E-state index contributed by atoms with van der Waals surface area (Å²) in [6, 6.07) is 8.36. The van der Waals surface area contributed by atoms with E-state index < -0.39 is 0 Å². The van der Waals surface area contributed by atoms with E-state index in [2.05, 4.69) is 79.4 Å². The summed E-state index contributed by atoms with van der Waals surface area (Å²) in [5.74, 6) is 0. The van der Waals surface area contributed by atoms with Crippen LogP contribution in [0.3, 0.4) is 0 Å². The van der Waals surface area contributed by atoms with Crippen LogP contribution < -0.4 is 0 Å². The van der Waals surface area contributed by atoms with E-state index in [1.807, 2.05) is 0 Å². The highest BCUT2D eigenvalue weighted by atomic mass is 127. The third-order valence-electron chi connectivity index (χ3n) is 2.15. The van der Waals surface area contributed by atoms with Crippen molar-refractivity contribution < 1.29 is 0 Å². The van der Waals surface area contributed by atoms with Crippen LogP contribution >= 0.6 is 56.5 Å². The normalized spacial score (nSPS) is 11.3. The lowest BCUT2D eigenvalue weighted by atomic mass is 10.2. The minimum absolute atomic E-state index is 0.813. The lowest BCUT2D eigenvalue weighted by Gasteiger charge is -1.94. The predicted molar refractivity (Wildman–Crippen MR) is 80.4 cm³/mol. The van der Waals surface area contributed by atoms with E-state index in [-0.39, 0.29) is 0 Å². The molecule has 0 radical (unpaired) electrons. The maximum atomic E-state index is 4.51. The molecule has 2 aromatic heterocycles. The molecule has 0 atom stereocenters. The van der Waals surface area contributed by atoms with Crippen LogP contribution in [0, 0.1) is 7.53 Å². The van der Waals surface area contributed by atoms with Crippen molar-refractivity contribution >= 4 is 76.8 Å². The van der Waals surface area contributed by atoms with E-state index in [9.17, 15) is 0 Å². The van der Waals surface area contributed by atoms with Crippen LogP contribution in [0.25, 0.3) is 20.3 Å². The minimum Gasteiger partial charge on any atom is -0.221 e. The van der Waals surface area contributed by atoms with Gasteiger partial charge in [-0.3, -0.25) is 0 Å². The number of benzene rings is 1. The highest BCUT2D eigenvalue weighted by molar-refractivity contribution is 14.1. The number of fused-ring (bicyclic) bond motifs is 3. The molecule has 0 N–H and O–H groups in total. The van der Waals surface area contributed by atoms with E-state index in [4.69, 9.17) is 0 Å². The van der Waals surface area contributed by atoms with Crippen molar-refractivity contribution in [2.45, 2.75) is 0 Å². The molecule has 3 aromatic rings. The third-order valence-corrected chi connectivity index (χ3v) is 4.95. The van der Waals surface area contributed by atoms with Crippen molar-refractivity contribution in [3.63, 3.8) is 0 Å². The van der Waals surface area contributed by atoms with Crippen LogP contribution in [0.15, 0.2) is 24.3 Å². The first-order valence-electron chi connectivity index (χ1n) is 4.26. The summed E-state index contributed by atoms with van der Waals surface area (Å²) < 4.78 is 4.33. The van der Waals surface area contributed by atoms with Crippen LogP contribution in [-0.2, 0) is 0 Å². The Labute approximate surface area is 117 Å². The summed E-state index contributed by atoms with van der Waals surface area (Å²) in [5, 5.41) is 1.23. The van der Waals surface area contributed by atoms with E-state index in [1.54, 1.807) is 11.3 Å². The van der Waals surface area contributed by atoms with Crippen molar-refractivity contribution in [2.24, 2.45) is 0 Å². The van der Waals surface area contributed by atoms with Crippen molar-refractivity contribution in [3.05, 3.63) is 31.8 Å². The van der Waals surface area contributed by atoms with Gasteiger partial charge in [-0.15, -0.1) is 11.3 Å². The molecule has 0 unspecified atom stereocenters. The maximum Gasteiger partial charge on any atom is 0.192 e. The summed E-state index contributed by atoms with van der Waals surface area (Å²) in [4.78, 5) is 8.88. The lowest BCUT2D eigenvalue weighted by molar-refractivity contribution is 1.14. The van der Waals surface area contributed by atoms with Gasteiger partial charge >= 0.3 is 0 Å². The van der Waals surface area contributed by atoms with Crippen LogP contribution in [0.5, 0.6) is 0 Å². The zero-order chi connectivity index (χ0) is 10.4. The van der Waals surface area contributed by atoms with Gasteiger partial charge in [-0.25, -0.2) is 9.97 Å². The van der Waals surface area contributed by atoms with Crippen molar-refractivity contribution in [3.8, 4) is 0 Å². The smallest absolute Gasteiger partial charge is 0.192 e. The summed E-state index contributed by atoms with van der Waals surface area (Å²) in [7, 11) is 0. The molecule has 0 amide bonds. The number of nitrogens with zero attached hydrogens (tertiary/aromatic N) is 2. The molecule has 0 aliphatic carbocycles. The van der Waals surface area contributed by atoms with Gasteiger partial charge in [0, 0.05) is 32.7 Å².